The van der Waals surface area contributed by atoms with Gasteiger partial charge in [-0.3, -0.25) is 19.3 Å². The van der Waals surface area contributed by atoms with Gasteiger partial charge in [0.15, 0.2) is 0 Å². The average Bonchev–Trinajstić information content (AvgIpc) is 3.25. The highest BCUT2D eigenvalue weighted by Crippen LogP contribution is 2.29. The first-order valence-corrected chi connectivity index (χ1v) is 8.51. The molecule has 0 aromatic heterocycles. The monoisotopic (exact) mass is 350 g/mol. The zero-order valence-electron chi connectivity index (χ0n) is 14.3. The minimum atomic E-state index is -0.305. The molecule has 2 aromatic carbocycles. The van der Waals surface area contributed by atoms with Gasteiger partial charge in [0.25, 0.3) is 17.7 Å². The number of para-hydroxylation sites is 1. The molecule has 0 N–H and O–H groups in total. The Morgan fingerprint density at radius 1 is 1.00 bits per heavy atom. The molecule has 0 spiro atoms. The maximum absolute atomic E-state index is 12.8. The second-order valence-corrected chi connectivity index (χ2v) is 6.42. The molecule has 0 bridgehead atoms. The van der Waals surface area contributed by atoms with E-state index in [0.29, 0.717) is 42.0 Å². The molecule has 2 aliphatic heterocycles. The summed E-state index contributed by atoms with van der Waals surface area (Å²) < 4.78 is 5.26. The summed E-state index contributed by atoms with van der Waals surface area (Å²) in [7, 11) is 1.53. The zero-order chi connectivity index (χ0) is 18.3. The van der Waals surface area contributed by atoms with Crippen LogP contribution in [0.4, 0.5) is 0 Å². The Balaban J connectivity index is 1.54. The van der Waals surface area contributed by atoms with Gasteiger partial charge in [-0.2, -0.15) is 0 Å². The highest BCUT2D eigenvalue weighted by Gasteiger charge is 2.43. The van der Waals surface area contributed by atoms with Crippen molar-refractivity contribution in [1.82, 2.24) is 9.80 Å². The predicted molar refractivity (Wildman–Crippen MR) is 94.2 cm³/mol. The number of hydrogen-bond donors (Lipinski definition) is 0. The number of benzene rings is 2. The molecule has 0 saturated carbocycles. The smallest absolute Gasteiger partial charge is 0.261 e. The van der Waals surface area contributed by atoms with Crippen LogP contribution in [0.15, 0.2) is 48.5 Å². The second-order valence-electron chi connectivity index (χ2n) is 6.42. The normalized spacial score (nSPS) is 19.0. The number of ether oxygens (including phenoxy) is 1. The summed E-state index contributed by atoms with van der Waals surface area (Å²) in [6.45, 7) is 0.831. The number of methoxy groups -OCH3 is 1. The lowest BCUT2D eigenvalue weighted by atomic mass is 10.1. The predicted octanol–water partition coefficient (Wildman–Crippen LogP) is 2.21. The topological polar surface area (TPSA) is 66.9 Å². The number of nitrogens with zero attached hydrogens (tertiary/aromatic N) is 2. The number of amides is 3. The standard InChI is InChI=1S/C20H18N2O4/c1-26-17-9-5-4-8-16(17)18(23)21-11-10-13(12-21)22-19(24)14-6-2-3-7-15(14)20(22)25/h2-9,13H,10-12H2,1H3. The molecule has 132 valence electrons. The second kappa shape index (κ2) is 6.29. The van der Waals surface area contributed by atoms with Gasteiger partial charge in [-0.1, -0.05) is 24.3 Å². The first kappa shape index (κ1) is 16.3. The van der Waals surface area contributed by atoms with E-state index in [1.807, 2.05) is 0 Å². The molecule has 6 heteroatoms. The van der Waals surface area contributed by atoms with Crippen molar-refractivity contribution < 1.29 is 19.1 Å². The van der Waals surface area contributed by atoms with Gasteiger partial charge < -0.3 is 9.64 Å². The Morgan fingerprint density at radius 3 is 2.27 bits per heavy atom. The van der Waals surface area contributed by atoms with Crippen LogP contribution >= 0.6 is 0 Å². The molecule has 1 atom stereocenters. The van der Waals surface area contributed by atoms with Gasteiger partial charge in [0.05, 0.1) is 29.8 Å². The Kier molecular flexibility index (Phi) is 3.95. The fourth-order valence-corrected chi connectivity index (χ4v) is 3.67. The highest BCUT2D eigenvalue weighted by atomic mass is 16.5. The molecule has 6 nitrogen and oxygen atoms in total. The van der Waals surface area contributed by atoms with E-state index in [1.54, 1.807) is 53.4 Å². The number of imide groups is 1. The number of hydrogen-bond acceptors (Lipinski definition) is 4. The fraction of sp³-hybridized carbons (Fsp3) is 0.250. The van der Waals surface area contributed by atoms with Crippen molar-refractivity contribution in [2.75, 3.05) is 20.2 Å². The number of likely N-dealkylation sites (tertiary alicyclic amines) is 1. The summed E-state index contributed by atoms with van der Waals surface area (Å²) in [5.74, 6) is -0.187. The van der Waals surface area contributed by atoms with Crippen molar-refractivity contribution in [1.29, 1.82) is 0 Å². The van der Waals surface area contributed by atoms with E-state index in [4.69, 9.17) is 4.74 Å². The van der Waals surface area contributed by atoms with Crippen LogP contribution in [0.5, 0.6) is 5.75 Å². The lowest BCUT2D eigenvalue weighted by molar-refractivity contribution is 0.0574. The third-order valence-electron chi connectivity index (χ3n) is 4.98. The van der Waals surface area contributed by atoms with Crippen LogP contribution in [0.3, 0.4) is 0 Å². The molecule has 1 unspecified atom stereocenters. The van der Waals surface area contributed by atoms with E-state index in [0.717, 1.165) is 0 Å². The fourth-order valence-electron chi connectivity index (χ4n) is 3.67. The SMILES string of the molecule is COc1ccccc1C(=O)N1CCC(N2C(=O)c3ccccc3C2=O)C1. The molecular weight excluding hydrogens is 332 g/mol. The van der Waals surface area contributed by atoms with Crippen LogP contribution in [-0.4, -0.2) is 53.8 Å². The van der Waals surface area contributed by atoms with Gasteiger partial charge >= 0.3 is 0 Å². The molecule has 1 saturated heterocycles. The molecule has 26 heavy (non-hydrogen) atoms. The number of fused-ring (bicyclic) bond motifs is 1. The molecular formula is C20H18N2O4. The van der Waals surface area contributed by atoms with Crippen LogP contribution in [-0.2, 0) is 0 Å². The average molecular weight is 350 g/mol. The summed E-state index contributed by atoms with van der Waals surface area (Å²) in [5, 5.41) is 0. The van der Waals surface area contributed by atoms with Crippen molar-refractivity contribution in [3.63, 3.8) is 0 Å². The van der Waals surface area contributed by atoms with Gasteiger partial charge in [-0.25, -0.2) is 0 Å². The largest absolute Gasteiger partial charge is 0.496 e. The summed E-state index contributed by atoms with van der Waals surface area (Å²) >= 11 is 0. The summed E-state index contributed by atoms with van der Waals surface area (Å²) in [6, 6.07) is 13.6. The molecule has 2 aromatic rings. The van der Waals surface area contributed by atoms with Gasteiger partial charge in [-0.15, -0.1) is 0 Å². The third-order valence-corrected chi connectivity index (χ3v) is 4.98. The molecule has 4 rings (SSSR count). The van der Waals surface area contributed by atoms with Crippen LogP contribution < -0.4 is 4.74 Å². The van der Waals surface area contributed by atoms with E-state index < -0.39 is 0 Å². The third kappa shape index (κ3) is 2.45. The van der Waals surface area contributed by atoms with Crippen LogP contribution in [0.2, 0.25) is 0 Å². The minimum Gasteiger partial charge on any atom is -0.496 e. The van der Waals surface area contributed by atoms with Gasteiger partial charge in [0, 0.05) is 13.1 Å². The zero-order valence-corrected chi connectivity index (χ0v) is 14.3. The van der Waals surface area contributed by atoms with Crippen molar-refractivity contribution >= 4 is 17.7 Å². The van der Waals surface area contributed by atoms with Crippen molar-refractivity contribution in [2.24, 2.45) is 0 Å². The molecule has 2 aliphatic rings. The lowest BCUT2D eigenvalue weighted by Crippen LogP contribution is -2.42. The van der Waals surface area contributed by atoms with Crippen molar-refractivity contribution in [2.45, 2.75) is 12.5 Å². The van der Waals surface area contributed by atoms with E-state index in [9.17, 15) is 14.4 Å². The Morgan fingerprint density at radius 2 is 1.62 bits per heavy atom. The van der Waals surface area contributed by atoms with Crippen LogP contribution in [0.25, 0.3) is 0 Å². The van der Waals surface area contributed by atoms with E-state index in [2.05, 4.69) is 0 Å². The van der Waals surface area contributed by atoms with Gasteiger partial charge in [0.2, 0.25) is 0 Å². The van der Waals surface area contributed by atoms with Gasteiger partial charge in [-0.05, 0) is 30.7 Å². The number of rotatable bonds is 3. The minimum absolute atomic E-state index is 0.151. The van der Waals surface area contributed by atoms with Crippen LogP contribution in [0.1, 0.15) is 37.5 Å². The van der Waals surface area contributed by atoms with Crippen molar-refractivity contribution in [3.8, 4) is 5.75 Å². The highest BCUT2D eigenvalue weighted by molar-refractivity contribution is 6.21. The Bertz CT molecular complexity index is 873. The number of carbonyl (C=O) groups is 3. The summed E-state index contributed by atoms with van der Waals surface area (Å²) in [4.78, 5) is 41.0. The first-order valence-electron chi connectivity index (χ1n) is 8.51. The Labute approximate surface area is 151 Å². The number of carbonyl (C=O) groups excluding carboxylic acids is 3. The Hall–Kier alpha value is -3.15. The van der Waals surface area contributed by atoms with E-state index >= 15 is 0 Å². The lowest BCUT2D eigenvalue weighted by Gasteiger charge is -2.23. The summed E-state index contributed by atoms with van der Waals surface area (Å²) in [6.07, 6.45) is 0.576. The van der Waals surface area contributed by atoms with E-state index in [-0.39, 0.29) is 23.8 Å². The van der Waals surface area contributed by atoms with E-state index in [1.165, 1.54) is 12.0 Å². The maximum atomic E-state index is 12.8. The molecule has 2 heterocycles. The molecule has 1 fully saturated rings. The molecule has 3 amide bonds. The van der Waals surface area contributed by atoms with Crippen LogP contribution in [0, 0.1) is 0 Å². The van der Waals surface area contributed by atoms with Crippen molar-refractivity contribution in [3.05, 3.63) is 65.2 Å². The molecule has 0 aliphatic carbocycles. The quantitative estimate of drug-likeness (QED) is 0.796. The molecule has 0 radical (unpaired) electrons. The maximum Gasteiger partial charge on any atom is 0.261 e. The first-order chi connectivity index (χ1) is 12.6. The summed E-state index contributed by atoms with van der Waals surface area (Å²) in [5.41, 5.74) is 1.36. The van der Waals surface area contributed by atoms with Gasteiger partial charge in [0.1, 0.15) is 5.75 Å².